The molecule has 97 heavy (non-hydrogen) atoms. The van der Waals surface area contributed by atoms with E-state index in [2.05, 4.69) is 217 Å². The third kappa shape index (κ3) is 21.9. The Balaban J connectivity index is 0.000000133. The molecule has 0 radical (unpaired) electrons. The molecule has 0 N–H and O–H groups in total. The SMILES string of the molecule is CCOC1Cc2cccc3cccc1c23.CCOC1c2ccccc2-c2ccccc21.CCOCC1CCCCCC1.CCOCC1CCCCCCC1.CCOCC1CCc2ccccc21.CCOCC1Cc2ccccc2C1.CCOCC1c2ccccc2-c2ccccc21. The number of fused-ring (bicyclic) bond motifs is 8. The van der Waals surface area contributed by atoms with Crippen LogP contribution in [0.5, 0.6) is 0 Å². The molecule has 520 valence electrons. The zero-order valence-corrected chi connectivity index (χ0v) is 60.4. The second-order valence-corrected chi connectivity index (χ2v) is 27.1. The van der Waals surface area contributed by atoms with Crippen LogP contribution < -0.4 is 0 Å². The van der Waals surface area contributed by atoms with Gasteiger partial charge in [-0.1, -0.05) is 240 Å². The van der Waals surface area contributed by atoms with Crippen molar-refractivity contribution in [3.05, 3.63) is 238 Å². The summed E-state index contributed by atoms with van der Waals surface area (Å²) in [5, 5.41) is 2.76. The Hall–Kier alpha value is -6.26. The fourth-order valence-electron chi connectivity index (χ4n) is 15.6. The second-order valence-electron chi connectivity index (χ2n) is 27.1. The zero-order valence-electron chi connectivity index (χ0n) is 60.4. The highest BCUT2D eigenvalue weighted by molar-refractivity contribution is 5.91. The summed E-state index contributed by atoms with van der Waals surface area (Å²) >= 11 is 0. The first kappa shape index (κ1) is 75.0. The van der Waals surface area contributed by atoms with Crippen LogP contribution in [0.1, 0.15) is 218 Å². The number of benzene rings is 8. The van der Waals surface area contributed by atoms with Gasteiger partial charge in [-0.05, 0) is 206 Å². The lowest BCUT2D eigenvalue weighted by molar-refractivity contribution is 0.0674. The molecule has 0 heterocycles. The Labute approximate surface area is 585 Å². The molecule has 0 bridgehead atoms. The summed E-state index contributed by atoms with van der Waals surface area (Å²) in [6.07, 6.45) is 24.9. The predicted molar refractivity (Wildman–Crippen MR) is 405 cm³/mol. The highest BCUT2D eigenvalue weighted by Crippen LogP contribution is 2.46. The van der Waals surface area contributed by atoms with E-state index in [0.29, 0.717) is 11.8 Å². The van der Waals surface area contributed by atoms with Gasteiger partial charge in [-0.3, -0.25) is 0 Å². The molecule has 0 spiro atoms. The molecule has 7 heteroatoms. The molecule has 7 aliphatic carbocycles. The highest BCUT2D eigenvalue weighted by atomic mass is 16.5. The van der Waals surface area contributed by atoms with E-state index in [0.717, 1.165) is 103 Å². The van der Waals surface area contributed by atoms with Crippen LogP contribution in [0.15, 0.2) is 182 Å². The minimum absolute atomic E-state index is 0.123. The molecule has 2 saturated carbocycles. The summed E-state index contributed by atoms with van der Waals surface area (Å²) in [5.41, 5.74) is 19.6. The molecular formula is C90H118O7. The maximum Gasteiger partial charge on any atom is 0.109 e. The van der Waals surface area contributed by atoms with Crippen LogP contribution >= 0.6 is 0 Å². The van der Waals surface area contributed by atoms with E-state index in [1.165, 1.54) is 198 Å². The first-order valence-corrected chi connectivity index (χ1v) is 38.0. The first-order valence-electron chi connectivity index (χ1n) is 38.0. The minimum Gasteiger partial charge on any atom is -0.381 e. The molecule has 0 saturated heterocycles. The largest absolute Gasteiger partial charge is 0.381 e. The normalized spacial score (nSPS) is 17.5. The second kappa shape index (κ2) is 42.0. The molecule has 2 atom stereocenters. The van der Waals surface area contributed by atoms with Crippen molar-refractivity contribution in [1.29, 1.82) is 0 Å². The summed E-state index contributed by atoms with van der Waals surface area (Å²) in [5.74, 6) is 3.51. The van der Waals surface area contributed by atoms with Gasteiger partial charge in [-0.2, -0.15) is 0 Å². The molecule has 0 amide bonds. The van der Waals surface area contributed by atoms with Crippen LogP contribution in [-0.2, 0) is 58.8 Å². The summed E-state index contributed by atoms with van der Waals surface area (Å²) < 4.78 is 39.1. The van der Waals surface area contributed by atoms with Crippen molar-refractivity contribution in [2.75, 3.05) is 79.3 Å². The predicted octanol–water partition coefficient (Wildman–Crippen LogP) is 22.7. The number of ether oxygens (including phenoxy) is 7. The third-order valence-electron chi connectivity index (χ3n) is 20.5. The third-order valence-corrected chi connectivity index (χ3v) is 20.5. The Morgan fingerprint density at radius 2 is 0.670 bits per heavy atom. The van der Waals surface area contributed by atoms with E-state index in [-0.39, 0.29) is 12.2 Å². The number of hydrogen-bond acceptors (Lipinski definition) is 7. The van der Waals surface area contributed by atoms with Crippen molar-refractivity contribution in [2.45, 2.75) is 188 Å². The maximum atomic E-state index is 5.86. The van der Waals surface area contributed by atoms with Crippen LogP contribution in [0.4, 0.5) is 0 Å². The maximum absolute atomic E-state index is 5.86. The van der Waals surface area contributed by atoms with Crippen molar-refractivity contribution in [1.82, 2.24) is 0 Å². The molecule has 2 unspecified atom stereocenters. The lowest BCUT2D eigenvalue weighted by Crippen LogP contribution is -2.11. The Bertz CT molecular complexity index is 3380. The van der Waals surface area contributed by atoms with Gasteiger partial charge in [0.15, 0.2) is 0 Å². The van der Waals surface area contributed by atoms with Crippen molar-refractivity contribution in [3.63, 3.8) is 0 Å². The van der Waals surface area contributed by atoms with E-state index < -0.39 is 0 Å². The summed E-state index contributed by atoms with van der Waals surface area (Å²) in [7, 11) is 0. The average molecular weight is 1310 g/mol. The monoisotopic (exact) mass is 1310 g/mol. The number of rotatable bonds is 19. The summed E-state index contributed by atoms with van der Waals surface area (Å²) in [6, 6.07) is 64.8. The molecule has 0 aliphatic heterocycles. The molecule has 7 nitrogen and oxygen atoms in total. The van der Waals surface area contributed by atoms with E-state index >= 15 is 0 Å². The van der Waals surface area contributed by atoms with Gasteiger partial charge >= 0.3 is 0 Å². The van der Waals surface area contributed by atoms with Gasteiger partial charge in [0.2, 0.25) is 0 Å². The number of aryl methyl sites for hydroxylation is 1. The van der Waals surface area contributed by atoms with Gasteiger partial charge < -0.3 is 33.2 Å². The molecule has 7 aliphatic rings. The van der Waals surface area contributed by atoms with Crippen LogP contribution in [0.25, 0.3) is 33.0 Å². The lowest BCUT2D eigenvalue weighted by Gasteiger charge is -2.18. The van der Waals surface area contributed by atoms with Gasteiger partial charge in [-0.15, -0.1) is 0 Å². The van der Waals surface area contributed by atoms with Crippen LogP contribution in [0.2, 0.25) is 0 Å². The Kier molecular flexibility index (Phi) is 32.4. The van der Waals surface area contributed by atoms with Crippen LogP contribution in [0, 0.1) is 17.8 Å². The standard InChI is InChI=1S/C16H16O.C15H14O.C14H14O.2C12H16O.C11H22O.C10H20O/c1-2-17-11-16-14-9-5-3-7-12(14)13-8-4-6-10-15(13)16;1-2-16-15-13-9-5-3-7-11(13)12-8-4-6-10-14(12)15;1-2-15-13-9-11-7-3-5-10-6-4-8-12(13)14(10)11;1-2-13-9-10-7-11-5-3-4-6-12(11)8-10;1-2-13-9-11-8-7-10-5-3-4-6-12(10)11;1-2-12-10-11-8-6-4-3-5-7-9-11;1-2-11-9-10-7-5-3-4-6-8-10/h3-10,16H,2,11H2,1H3;3-10,15H,2H2,1H3;3-8,13H,2,9H2,1H3;3-6,10H,2,7-9H2,1H3;3-6,11H,2,7-9H2,1H3;11H,2-10H2,1H3;10H,2-9H2,1H3. The van der Waals surface area contributed by atoms with Crippen molar-refractivity contribution in [2.24, 2.45) is 17.8 Å². The topological polar surface area (TPSA) is 64.6 Å². The molecule has 0 aromatic heterocycles. The average Bonchev–Trinajstić information content (AvgIpc) is 1.64. The molecule has 2 fully saturated rings. The van der Waals surface area contributed by atoms with Gasteiger partial charge in [0, 0.05) is 84.3 Å². The molecule has 8 aromatic carbocycles. The smallest absolute Gasteiger partial charge is 0.109 e. The van der Waals surface area contributed by atoms with Crippen LogP contribution in [-0.4, -0.2) is 79.3 Å². The van der Waals surface area contributed by atoms with Crippen molar-refractivity contribution < 1.29 is 33.2 Å². The Morgan fingerprint density at radius 1 is 0.289 bits per heavy atom. The van der Waals surface area contributed by atoms with Gasteiger partial charge in [0.25, 0.3) is 0 Å². The van der Waals surface area contributed by atoms with E-state index in [9.17, 15) is 0 Å². The zero-order chi connectivity index (χ0) is 67.7. The van der Waals surface area contributed by atoms with E-state index in [4.69, 9.17) is 33.2 Å². The van der Waals surface area contributed by atoms with Gasteiger partial charge in [-0.25, -0.2) is 0 Å². The lowest BCUT2D eigenvalue weighted by atomic mass is 9.92. The quantitative estimate of drug-likeness (QED) is 0.0748. The first-order chi connectivity index (χ1) is 47.9. The summed E-state index contributed by atoms with van der Waals surface area (Å²) in [6.45, 7) is 24.8. The highest BCUT2D eigenvalue weighted by Gasteiger charge is 2.30. The van der Waals surface area contributed by atoms with Crippen molar-refractivity contribution >= 4 is 10.8 Å². The Morgan fingerprint density at radius 3 is 1.16 bits per heavy atom. The number of hydrogen-bond donors (Lipinski definition) is 0. The van der Waals surface area contributed by atoms with Gasteiger partial charge in [0.05, 0.1) is 19.3 Å². The molecular weight excluding hydrogens is 1190 g/mol. The minimum atomic E-state index is 0.123. The fraction of sp³-hybridized carbons (Fsp3) is 0.489. The molecule has 8 aromatic rings. The van der Waals surface area contributed by atoms with Crippen LogP contribution in [0.3, 0.4) is 0 Å². The van der Waals surface area contributed by atoms with E-state index in [1.807, 2.05) is 13.8 Å². The fourth-order valence-corrected chi connectivity index (χ4v) is 15.6. The molecule has 15 rings (SSSR count). The van der Waals surface area contributed by atoms with Gasteiger partial charge in [0.1, 0.15) is 6.10 Å². The van der Waals surface area contributed by atoms with Crippen molar-refractivity contribution in [3.8, 4) is 22.3 Å². The van der Waals surface area contributed by atoms with E-state index in [1.54, 1.807) is 0 Å². The summed E-state index contributed by atoms with van der Waals surface area (Å²) in [4.78, 5) is 0.